The lowest BCUT2D eigenvalue weighted by molar-refractivity contribution is -0.149. The Kier molecular flexibility index (Phi) is 2.97. The first-order valence-corrected chi connectivity index (χ1v) is 6.91. The van der Waals surface area contributed by atoms with Crippen molar-refractivity contribution in [2.24, 2.45) is 5.92 Å². The number of aryl methyl sites for hydroxylation is 1. The normalized spacial score (nSPS) is 33.1. The lowest BCUT2D eigenvalue weighted by atomic mass is 9.72. The van der Waals surface area contributed by atoms with Crippen molar-refractivity contribution in [1.29, 1.82) is 0 Å². The number of piperidine rings is 3. The third-order valence-corrected chi connectivity index (χ3v) is 4.64. The quantitative estimate of drug-likeness (QED) is 0.872. The minimum absolute atomic E-state index is 0.231. The molecular weight excluding hydrogens is 240 g/mol. The maximum atomic E-state index is 11.9. The molecule has 3 fully saturated rings. The van der Waals surface area contributed by atoms with Gasteiger partial charge in [-0.3, -0.25) is 0 Å². The van der Waals surface area contributed by atoms with Gasteiger partial charge in [-0.25, -0.2) is 4.79 Å². The first kappa shape index (κ1) is 12.5. The first-order chi connectivity index (χ1) is 9.12. The zero-order chi connectivity index (χ0) is 13.5. The lowest BCUT2D eigenvalue weighted by Crippen LogP contribution is -2.66. The van der Waals surface area contributed by atoms with E-state index in [1.165, 1.54) is 0 Å². The molecule has 3 heterocycles. The Morgan fingerprint density at radius 1 is 1.37 bits per heavy atom. The molecule has 3 aliphatic heterocycles. The number of carbonyl (C=O) groups is 1. The molecule has 0 spiro atoms. The SMILES string of the molecule is Cc1ccccc1NC1(C(=O)O)CN2CCC1CC2. The van der Waals surface area contributed by atoms with Crippen molar-refractivity contribution in [3.05, 3.63) is 29.8 Å². The van der Waals surface area contributed by atoms with E-state index in [0.29, 0.717) is 6.54 Å². The Morgan fingerprint density at radius 3 is 2.58 bits per heavy atom. The van der Waals surface area contributed by atoms with E-state index in [1.807, 2.05) is 31.2 Å². The van der Waals surface area contributed by atoms with Gasteiger partial charge in [0.05, 0.1) is 0 Å². The number of para-hydroxylation sites is 1. The molecule has 4 rings (SSSR count). The van der Waals surface area contributed by atoms with E-state index < -0.39 is 11.5 Å². The number of carboxylic acids is 1. The molecule has 2 N–H and O–H groups in total. The lowest BCUT2D eigenvalue weighted by Gasteiger charge is -2.51. The van der Waals surface area contributed by atoms with Gasteiger partial charge in [-0.2, -0.15) is 0 Å². The first-order valence-electron chi connectivity index (χ1n) is 6.91. The minimum Gasteiger partial charge on any atom is -0.479 e. The van der Waals surface area contributed by atoms with Crippen LogP contribution in [0.3, 0.4) is 0 Å². The highest BCUT2D eigenvalue weighted by Crippen LogP contribution is 2.38. The predicted molar refractivity (Wildman–Crippen MR) is 74.3 cm³/mol. The highest BCUT2D eigenvalue weighted by atomic mass is 16.4. The maximum absolute atomic E-state index is 11.9. The van der Waals surface area contributed by atoms with Gasteiger partial charge in [0.25, 0.3) is 0 Å². The average Bonchev–Trinajstić information content (AvgIpc) is 2.42. The van der Waals surface area contributed by atoms with Gasteiger partial charge >= 0.3 is 5.97 Å². The van der Waals surface area contributed by atoms with Crippen LogP contribution in [0, 0.1) is 12.8 Å². The second-order valence-electron chi connectivity index (χ2n) is 5.77. The van der Waals surface area contributed by atoms with Crippen molar-refractivity contribution in [3.63, 3.8) is 0 Å². The summed E-state index contributed by atoms with van der Waals surface area (Å²) in [6.45, 7) is 4.70. The van der Waals surface area contributed by atoms with Crippen molar-refractivity contribution in [3.8, 4) is 0 Å². The highest BCUT2D eigenvalue weighted by Gasteiger charge is 2.52. The van der Waals surface area contributed by atoms with Crippen LogP contribution in [0.4, 0.5) is 5.69 Å². The van der Waals surface area contributed by atoms with E-state index in [1.54, 1.807) is 0 Å². The molecule has 1 unspecified atom stereocenters. The summed E-state index contributed by atoms with van der Waals surface area (Å²) in [5.74, 6) is -0.486. The molecular formula is C15H20N2O2. The van der Waals surface area contributed by atoms with Crippen LogP contribution in [0.5, 0.6) is 0 Å². The van der Waals surface area contributed by atoms with Crippen LogP contribution >= 0.6 is 0 Å². The fourth-order valence-electron chi connectivity index (χ4n) is 3.46. The number of hydrogen-bond acceptors (Lipinski definition) is 3. The Balaban J connectivity index is 1.94. The third-order valence-electron chi connectivity index (χ3n) is 4.64. The number of hydrogen-bond donors (Lipinski definition) is 2. The molecule has 0 amide bonds. The molecule has 102 valence electrons. The van der Waals surface area contributed by atoms with Crippen LogP contribution in [0.15, 0.2) is 24.3 Å². The molecule has 0 saturated carbocycles. The molecule has 1 aromatic rings. The van der Waals surface area contributed by atoms with E-state index in [2.05, 4.69) is 10.2 Å². The number of nitrogens with one attached hydrogen (secondary N) is 1. The Morgan fingerprint density at radius 2 is 2.05 bits per heavy atom. The van der Waals surface area contributed by atoms with Crippen molar-refractivity contribution in [2.75, 3.05) is 25.0 Å². The van der Waals surface area contributed by atoms with Crippen LogP contribution in [0.2, 0.25) is 0 Å². The van der Waals surface area contributed by atoms with Crippen molar-refractivity contribution in [2.45, 2.75) is 25.3 Å². The summed E-state index contributed by atoms with van der Waals surface area (Å²) in [6.07, 6.45) is 1.95. The average molecular weight is 260 g/mol. The van der Waals surface area contributed by atoms with Gasteiger partial charge in [-0.1, -0.05) is 18.2 Å². The molecule has 1 aromatic carbocycles. The van der Waals surface area contributed by atoms with Gasteiger partial charge in [0, 0.05) is 12.2 Å². The van der Waals surface area contributed by atoms with Gasteiger partial charge < -0.3 is 15.3 Å². The topological polar surface area (TPSA) is 52.6 Å². The van der Waals surface area contributed by atoms with Crippen LogP contribution in [-0.4, -0.2) is 41.1 Å². The molecule has 0 radical (unpaired) electrons. The zero-order valence-electron chi connectivity index (χ0n) is 11.2. The Hall–Kier alpha value is -1.55. The maximum Gasteiger partial charge on any atom is 0.330 e. The van der Waals surface area contributed by atoms with Gasteiger partial charge in [0.2, 0.25) is 0 Å². The molecule has 4 nitrogen and oxygen atoms in total. The largest absolute Gasteiger partial charge is 0.479 e. The van der Waals surface area contributed by atoms with Crippen molar-refractivity contribution < 1.29 is 9.90 Å². The van der Waals surface area contributed by atoms with Gasteiger partial charge in [-0.05, 0) is 50.4 Å². The number of rotatable bonds is 3. The van der Waals surface area contributed by atoms with E-state index in [0.717, 1.165) is 37.2 Å². The summed E-state index contributed by atoms with van der Waals surface area (Å²) in [4.78, 5) is 14.2. The van der Waals surface area contributed by atoms with Crippen molar-refractivity contribution >= 4 is 11.7 Å². The molecule has 2 bridgehead atoms. The van der Waals surface area contributed by atoms with Crippen LogP contribution in [0.25, 0.3) is 0 Å². The summed E-state index contributed by atoms with van der Waals surface area (Å²) in [6, 6.07) is 7.91. The van der Waals surface area contributed by atoms with Crippen LogP contribution in [-0.2, 0) is 4.79 Å². The molecule has 4 heteroatoms. The number of benzene rings is 1. The van der Waals surface area contributed by atoms with E-state index in [4.69, 9.17) is 0 Å². The molecule has 19 heavy (non-hydrogen) atoms. The molecule has 0 aromatic heterocycles. The Bertz CT molecular complexity index is 495. The number of nitrogens with zero attached hydrogens (tertiary/aromatic N) is 1. The summed E-state index contributed by atoms with van der Waals surface area (Å²) in [5.41, 5.74) is 1.22. The summed E-state index contributed by atoms with van der Waals surface area (Å²) >= 11 is 0. The van der Waals surface area contributed by atoms with Gasteiger partial charge in [0.15, 0.2) is 5.54 Å². The molecule has 3 aliphatic rings. The fourth-order valence-corrected chi connectivity index (χ4v) is 3.46. The van der Waals surface area contributed by atoms with Gasteiger partial charge in [-0.15, -0.1) is 0 Å². The smallest absolute Gasteiger partial charge is 0.330 e. The zero-order valence-corrected chi connectivity index (χ0v) is 11.2. The monoisotopic (exact) mass is 260 g/mol. The van der Waals surface area contributed by atoms with Crippen molar-refractivity contribution in [1.82, 2.24) is 4.90 Å². The van der Waals surface area contributed by atoms with E-state index in [9.17, 15) is 9.90 Å². The fraction of sp³-hybridized carbons (Fsp3) is 0.533. The molecule has 3 saturated heterocycles. The van der Waals surface area contributed by atoms with Gasteiger partial charge in [0.1, 0.15) is 0 Å². The van der Waals surface area contributed by atoms with Crippen LogP contribution < -0.4 is 5.32 Å². The number of fused-ring (bicyclic) bond motifs is 3. The standard InChI is InChI=1S/C15H20N2O2/c1-11-4-2-3-5-13(11)16-15(14(18)19)10-17-8-6-12(15)7-9-17/h2-5,12,16H,6-10H2,1H3,(H,18,19). The minimum atomic E-state index is -0.817. The Labute approximate surface area is 113 Å². The number of anilines is 1. The summed E-state index contributed by atoms with van der Waals surface area (Å²) in [7, 11) is 0. The predicted octanol–water partition coefficient (Wildman–Crippen LogP) is 1.96. The molecule has 0 aliphatic carbocycles. The van der Waals surface area contributed by atoms with E-state index in [-0.39, 0.29) is 5.92 Å². The third kappa shape index (κ3) is 2.00. The number of aliphatic carboxylic acids is 1. The molecule has 1 atom stereocenters. The summed E-state index contributed by atoms with van der Waals surface area (Å²) < 4.78 is 0. The number of carboxylic acid groups (broad SMARTS) is 1. The van der Waals surface area contributed by atoms with E-state index >= 15 is 0 Å². The van der Waals surface area contributed by atoms with Crippen LogP contribution in [0.1, 0.15) is 18.4 Å². The second kappa shape index (κ2) is 4.53. The summed E-state index contributed by atoms with van der Waals surface area (Å²) in [5, 5.41) is 13.1. The highest BCUT2D eigenvalue weighted by molar-refractivity contribution is 5.84. The second-order valence-corrected chi connectivity index (χ2v) is 5.77.